The number of amides is 2. The first-order valence-corrected chi connectivity index (χ1v) is 6.62. The second-order valence-corrected chi connectivity index (χ2v) is 4.75. The number of benzene rings is 1. The number of carbonyl (C=O) groups excluding carboxylic acids is 2. The molecule has 0 saturated carbocycles. The minimum Gasteiger partial charge on any atom is -0.384 e. The topological polar surface area (TPSA) is 93.5 Å². The number of hydrogen-bond acceptors (Lipinski definition) is 4. The molecule has 1 unspecified atom stereocenters. The normalized spacial score (nSPS) is 16.9. The number of nitrogens with two attached hydrogens (primary N) is 1. The lowest BCUT2D eigenvalue weighted by Crippen LogP contribution is -2.39. The molecule has 1 aromatic carbocycles. The highest BCUT2D eigenvalue weighted by molar-refractivity contribution is 5.80. The van der Waals surface area contributed by atoms with Crippen LogP contribution in [0.25, 0.3) is 0 Å². The highest BCUT2D eigenvalue weighted by Gasteiger charge is 2.23. The molecule has 6 nitrogen and oxygen atoms in total. The van der Waals surface area contributed by atoms with Gasteiger partial charge in [0.05, 0.1) is 12.5 Å². The zero-order chi connectivity index (χ0) is 14.4. The smallest absolute Gasteiger partial charge is 0.243 e. The second kappa shape index (κ2) is 6.91. The van der Waals surface area contributed by atoms with E-state index in [4.69, 9.17) is 10.5 Å². The maximum absolute atomic E-state index is 12.0. The highest BCUT2D eigenvalue weighted by atomic mass is 16.5. The average molecular weight is 277 g/mol. The summed E-state index contributed by atoms with van der Waals surface area (Å²) in [6.07, 6.45) is 0.733. The number of carbonyl (C=O) groups is 2. The predicted molar refractivity (Wildman–Crippen MR) is 75.1 cm³/mol. The second-order valence-electron chi connectivity index (χ2n) is 4.75. The van der Waals surface area contributed by atoms with Gasteiger partial charge in [-0.15, -0.1) is 0 Å². The van der Waals surface area contributed by atoms with E-state index in [1.54, 1.807) is 0 Å². The van der Waals surface area contributed by atoms with Gasteiger partial charge in [-0.05, 0) is 18.1 Å². The third-order valence-electron chi connectivity index (χ3n) is 3.18. The fourth-order valence-electron chi connectivity index (χ4n) is 2.19. The van der Waals surface area contributed by atoms with Crippen molar-refractivity contribution in [1.82, 2.24) is 5.32 Å². The Balaban J connectivity index is 1.73. The number of primary amides is 1. The molecule has 0 aliphatic carbocycles. The van der Waals surface area contributed by atoms with E-state index < -0.39 is 5.91 Å². The molecule has 108 valence electrons. The first-order valence-electron chi connectivity index (χ1n) is 6.62. The van der Waals surface area contributed by atoms with Crippen molar-refractivity contribution in [2.24, 2.45) is 11.7 Å². The summed E-state index contributed by atoms with van der Waals surface area (Å²) in [4.78, 5) is 22.5. The van der Waals surface area contributed by atoms with Gasteiger partial charge in [0.15, 0.2) is 0 Å². The van der Waals surface area contributed by atoms with E-state index in [0.29, 0.717) is 13.1 Å². The lowest BCUT2D eigenvalue weighted by Gasteiger charge is -2.25. The summed E-state index contributed by atoms with van der Waals surface area (Å²) >= 11 is 0. The molecule has 0 fully saturated rings. The number of nitrogens with one attached hydrogen (secondary N) is 2. The van der Waals surface area contributed by atoms with Gasteiger partial charge < -0.3 is 21.1 Å². The number of hydrogen-bond donors (Lipinski definition) is 3. The molecular formula is C14H19N3O3. The molecule has 2 amide bonds. The molecule has 0 saturated heterocycles. The van der Waals surface area contributed by atoms with E-state index in [9.17, 15) is 9.59 Å². The van der Waals surface area contributed by atoms with Crippen LogP contribution in [0.2, 0.25) is 0 Å². The Morgan fingerprint density at radius 2 is 2.20 bits per heavy atom. The van der Waals surface area contributed by atoms with Crippen LogP contribution in [0.4, 0.5) is 5.69 Å². The van der Waals surface area contributed by atoms with Gasteiger partial charge in [-0.2, -0.15) is 0 Å². The molecular weight excluding hydrogens is 258 g/mol. The van der Waals surface area contributed by atoms with Gasteiger partial charge in [0.1, 0.15) is 6.61 Å². The average Bonchev–Trinajstić information content (AvgIpc) is 2.46. The Bertz CT molecular complexity index is 490. The maximum atomic E-state index is 12.0. The molecule has 0 spiro atoms. The van der Waals surface area contributed by atoms with Crippen LogP contribution in [-0.4, -0.2) is 38.1 Å². The Morgan fingerprint density at radius 3 is 3.00 bits per heavy atom. The van der Waals surface area contributed by atoms with E-state index in [2.05, 4.69) is 10.6 Å². The fraction of sp³-hybridized carbons (Fsp3) is 0.429. The minimum absolute atomic E-state index is 0.00493. The Morgan fingerprint density at radius 1 is 1.40 bits per heavy atom. The number of para-hydroxylation sites is 1. The molecule has 0 bridgehead atoms. The van der Waals surface area contributed by atoms with E-state index in [1.807, 2.05) is 24.3 Å². The van der Waals surface area contributed by atoms with Crippen molar-refractivity contribution in [2.45, 2.75) is 6.42 Å². The van der Waals surface area contributed by atoms with E-state index in [0.717, 1.165) is 17.7 Å². The van der Waals surface area contributed by atoms with E-state index in [-0.39, 0.29) is 25.0 Å². The van der Waals surface area contributed by atoms with Crippen molar-refractivity contribution in [1.29, 1.82) is 0 Å². The van der Waals surface area contributed by atoms with Crippen molar-refractivity contribution in [2.75, 3.05) is 31.6 Å². The van der Waals surface area contributed by atoms with Crippen molar-refractivity contribution in [3.8, 4) is 0 Å². The summed E-state index contributed by atoms with van der Waals surface area (Å²) in [6.45, 7) is 1.18. The van der Waals surface area contributed by atoms with Crippen LogP contribution in [0, 0.1) is 5.92 Å². The van der Waals surface area contributed by atoms with Crippen molar-refractivity contribution >= 4 is 17.5 Å². The molecule has 1 heterocycles. The van der Waals surface area contributed by atoms with Crippen molar-refractivity contribution in [3.63, 3.8) is 0 Å². The van der Waals surface area contributed by atoms with Crippen LogP contribution in [0.3, 0.4) is 0 Å². The van der Waals surface area contributed by atoms with Gasteiger partial charge >= 0.3 is 0 Å². The van der Waals surface area contributed by atoms with Gasteiger partial charge in [-0.3, -0.25) is 9.59 Å². The number of ether oxygens (including phenoxy) is 1. The lowest BCUT2D eigenvalue weighted by atomic mass is 9.93. The zero-order valence-corrected chi connectivity index (χ0v) is 11.2. The van der Waals surface area contributed by atoms with E-state index in [1.165, 1.54) is 0 Å². The van der Waals surface area contributed by atoms with Crippen LogP contribution >= 0.6 is 0 Å². The Labute approximate surface area is 117 Å². The number of anilines is 1. The summed E-state index contributed by atoms with van der Waals surface area (Å²) in [6, 6.07) is 7.99. The zero-order valence-electron chi connectivity index (χ0n) is 11.2. The summed E-state index contributed by atoms with van der Waals surface area (Å²) in [5.74, 6) is -0.597. The quantitative estimate of drug-likeness (QED) is 0.632. The van der Waals surface area contributed by atoms with Gasteiger partial charge in [-0.1, -0.05) is 18.2 Å². The van der Waals surface area contributed by atoms with Crippen molar-refractivity contribution in [3.05, 3.63) is 29.8 Å². The van der Waals surface area contributed by atoms with E-state index >= 15 is 0 Å². The van der Waals surface area contributed by atoms with Gasteiger partial charge in [-0.25, -0.2) is 0 Å². The SMILES string of the molecule is NC(=O)COCCNC(=O)C1CNc2ccccc2C1. The third kappa shape index (κ3) is 3.96. The summed E-state index contributed by atoms with van der Waals surface area (Å²) in [7, 11) is 0. The van der Waals surface area contributed by atoms with Crippen LogP contribution in [0.15, 0.2) is 24.3 Å². The molecule has 0 aromatic heterocycles. The van der Waals surface area contributed by atoms with Gasteiger partial charge in [0, 0.05) is 18.8 Å². The molecule has 1 aromatic rings. The molecule has 6 heteroatoms. The first-order chi connectivity index (χ1) is 9.66. The van der Waals surface area contributed by atoms with Crippen LogP contribution < -0.4 is 16.4 Å². The molecule has 2 rings (SSSR count). The molecule has 20 heavy (non-hydrogen) atoms. The van der Waals surface area contributed by atoms with Crippen LogP contribution in [-0.2, 0) is 20.7 Å². The monoisotopic (exact) mass is 277 g/mol. The summed E-state index contributed by atoms with van der Waals surface area (Å²) in [5.41, 5.74) is 7.19. The Kier molecular flexibility index (Phi) is 4.95. The molecule has 1 aliphatic heterocycles. The maximum Gasteiger partial charge on any atom is 0.243 e. The molecule has 4 N–H and O–H groups in total. The number of rotatable bonds is 6. The Hall–Kier alpha value is -2.08. The number of fused-ring (bicyclic) bond motifs is 1. The molecule has 1 aliphatic rings. The largest absolute Gasteiger partial charge is 0.384 e. The predicted octanol–water partition coefficient (Wildman–Crippen LogP) is -0.111. The lowest BCUT2D eigenvalue weighted by molar-refractivity contribution is -0.125. The van der Waals surface area contributed by atoms with Gasteiger partial charge in [0.25, 0.3) is 0 Å². The van der Waals surface area contributed by atoms with Crippen LogP contribution in [0.5, 0.6) is 0 Å². The summed E-state index contributed by atoms with van der Waals surface area (Å²) in [5, 5.41) is 6.06. The summed E-state index contributed by atoms with van der Waals surface area (Å²) < 4.78 is 4.98. The van der Waals surface area contributed by atoms with Gasteiger partial charge in [0.2, 0.25) is 11.8 Å². The third-order valence-corrected chi connectivity index (χ3v) is 3.18. The fourth-order valence-corrected chi connectivity index (χ4v) is 2.19. The molecule has 1 atom stereocenters. The van der Waals surface area contributed by atoms with Crippen LogP contribution in [0.1, 0.15) is 5.56 Å². The standard InChI is InChI=1S/C14H19N3O3/c15-13(18)9-20-6-5-16-14(19)11-7-10-3-1-2-4-12(10)17-8-11/h1-4,11,17H,5-9H2,(H2,15,18)(H,16,19). The van der Waals surface area contributed by atoms with Crippen molar-refractivity contribution < 1.29 is 14.3 Å². The highest BCUT2D eigenvalue weighted by Crippen LogP contribution is 2.24. The first kappa shape index (κ1) is 14.3. The minimum atomic E-state index is -0.510. The molecule has 0 radical (unpaired) electrons.